The largest absolute Gasteiger partial charge is 0.493 e. The molecule has 0 radical (unpaired) electrons. The van der Waals surface area contributed by atoms with Crippen LogP contribution in [0, 0.1) is 0 Å². The molecule has 2 aliphatic rings. The Labute approximate surface area is 138 Å². The summed E-state index contributed by atoms with van der Waals surface area (Å²) in [6, 6.07) is 8.33. The Bertz CT molecular complexity index is 563. The van der Waals surface area contributed by atoms with Crippen molar-refractivity contribution in [2.24, 2.45) is 0 Å². The van der Waals surface area contributed by atoms with E-state index in [0.717, 1.165) is 37.4 Å². The highest BCUT2D eigenvalue weighted by Crippen LogP contribution is 2.31. The van der Waals surface area contributed by atoms with Crippen LogP contribution in [0.4, 0.5) is 0 Å². The van der Waals surface area contributed by atoms with Gasteiger partial charge in [-0.3, -0.25) is 9.69 Å². The molecular formula is C18H27N3O2. The van der Waals surface area contributed by atoms with E-state index in [2.05, 4.69) is 29.1 Å². The van der Waals surface area contributed by atoms with E-state index in [4.69, 9.17) is 4.74 Å². The van der Waals surface area contributed by atoms with Gasteiger partial charge in [-0.25, -0.2) is 0 Å². The average Bonchev–Trinajstić information content (AvgIpc) is 2.54. The Morgan fingerprint density at radius 1 is 1.35 bits per heavy atom. The van der Waals surface area contributed by atoms with Gasteiger partial charge in [0.2, 0.25) is 5.91 Å². The minimum absolute atomic E-state index is 0.0534. The van der Waals surface area contributed by atoms with E-state index in [1.807, 2.05) is 31.2 Å². The molecule has 1 fully saturated rings. The highest BCUT2D eigenvalue weighted by atomic mass is 16.5. The molecule has 126 valence electrons. The summed E-state index contributed by atoms with van der Waals surface area (Å²) in [5.74, 6) is 1.01. The van der Waals surface area contributed by atoms with E-state index in [9.17, 15) is 4.79 Å². The molecule has 1 aromatic rings. The second-order valence-electron chi connectivity index (χ2n) is 6.76. The Morgan fingerprint density at radius 2 is 2.13 bits per heavy atom. The third-order valence-corrected chi connectivity index (χ3v) is 5.03. The van der Waals surface area contributed by atoms with Crippen molar-refractivity contribution in [3.05, 3.63) is 29.8 Å². The molecule has 3 rings (SSSR count). The lowest BCUT2D eigenvalue weighted by Gasteiger charge is -2.41. The number of likely N-dealkylation sites (N-methyl/N-ethyl adjacent to an activating group) is 1. The molecule has 0 saturated carbocycles. The van der Waals surface area contributed by atoms with Gasteiger partial charge in [-0.15, -0.1) is 0 Å². The molecule has 1 N–H and O–H groups in total. The number of piperazine rings is 1. The van der Waals surface area contributed by atoms with Crippen molar-refractivity contribution in [3.8, 4) is 5.75 Å². The van der Waals surface area contributed by atoms with Crippen molar-refractivity contribution in [2.45, 2.75) is 38.4 Å². The summed E-state index contributed by atoms with van der Waals surface area (Å²) in [7, 11) is 2.14. The molecule has 2 aliphatic heterocycles. The van der Waals surface area contributed by atoms with Crippen molar-refractivity contribution >= 4 is 5.91 Å². The van der Waals surface area contributed by atoms with Crippen molar-refractivity contribution in [2.75, 3.05) is 33.3 Å². The number of hydrogen-bond donors (Lipinski definition) is 1. The van der Waals surface area contributed by atoms with Gasteiger partial charge in [0.25, 0.3) is 0 Å². The van der Waals surface area contributed by atoms with E-state index in [-0.39, 0.29) is 18.0 Å². The number of para-hydroxylation sites is 1. The van der Waals surface area contributed by atoms with Gasteiger partial charge in [-0.2, -0.15) is 0 Å². The number of rotatable bonds is 3. The standard InChI is InChI=1S/C18H27N3O2/c1-13-12-20(3)9-10-21(13)14(2)18(22)19-16-8-11-23-17-7-5-4-6-15(16)17/h4-7,13-14,16H,8-12H2,1-3H3,(H,19,22)/t13-,14-,16-/m1/s1. The lowest BCUT2D eigenvalue weighted by Crippen LogP contribution is -2.57. The first-order valence-electron chi connectivity index (χ1n) is 8.52. The Hall–Kier alpha value is -1.59. The maximum Gasteiger partial charge on any atom is 0.237 e. The fourth-order valence-electron chi connectivity index (χ4n) is 3.66. The van der Waals surface area contributed by atoms with Crippen LogP contribution in [-0.4, -0.2) is 61.1 Å². The number of fused-ring (bicyclic) bond motifs is 1. The van der Waals surface area contributed by atoms with E-state index < -0.39 is 0 Å². The number of nitrogens with zero attached hydrogens (tertiary/aromatic N) is 2. The fourth-order valence-corrected chi connectivity index (χ4v) is 3.66. The molecule has 0 unspecified atom stereocenters. The van der Waals surface area contributed by atoms with Gasteiger partial charge in [-0.1, -0.05) is 18.2 Å². The number of nitrogens with one attached hydrogen (secondary N) is 1. The normalized spacial score (nSPS) is 26.9. The van der Waals surface area contributed by atoms with Crippen molar-refractivity contribution in [3.63, 3.8) is 0 Å². The molecule has 0 aromatic heterocycles. The molecule has 1 saturated heterocycles. The van der Waals surface area contributed by atoms with Gasteiger partial charge < -0.3 is 15.0 Å². The van der Waals surface area contributed by atoms with Gasteiger partial charge in [0.1, 0.15) is 5.75 Å². The first-order chi connectivity index (χ1) is 11.1. The van der Waals surface area contributed by atoms with Crippen LogP contribution < -0.4 is 10.1 Å². The molecule has 0 aliphatic carbocycles. The molecule has 1 aromatic carbocycles. The average molecular weight is 317 g/mol. The summed E-state index contributed by atoms with van der Waals surface area (Å²) in [6.45, 7) is 7.84. The van der Waals surface area contributed by atoms with Gasteiger partial charge in [0.05, 0.1) is 18.7 Å². The van der Waals surface area contributed by atoms with Crippen molar-refractivity contribution in [1.29, 1.82) is 0 Å². The predicted octanol–water partition coefficient (Wildman–Crippen LogP) is 1.65. The molecule has 0 spiro atoms. The Morgan fingerprint density at radius 3 is 2.91 bits per heavy atom. The van der Waals surface area contributed by atoms with Crippen LogP contribution in [0.5, 0.6) is 5.75 Å². The lowest BCUT2D eigenvalue weighted by atomic mass is 10.00. The van der Waals surface area contributed by atoms with Gasteiger partial charge >= 0.3 is 0 Å². The zero-order valence-corrected chi connectivity index (χ0v) is 14.3. The van der Waals surface area contributed by atoms with Crippen LogP contribution in [0.1, 0.15) is 31.9 Å². The Balaban J connectivity index is 1.65. The van der Waals surface area contributed by atoms with Gasteiger partial charge in [-0.05, 0) is 27.0 Å². The van der Waals surface area contributed by atoms with E-state index in [0.29, 0.717) is 12.6 Å². The van der Waals surface area contributed by atoms with Crippen LogP contribution in [-0.2, 0) is 4.79 Å². The van der Waals surface area contributed by atoms with Crippen LogP contribution in [0.2, 0.25) is 0 Å². The zero-order chi connectivity index (χ0) is 16.4. The summed E-state index contributed by atoms with van der Waals surface area (Å²) >= 11 is 0. The molecule has 2 heterocycles. The number of benzene rings is 1. The molecular weight excluding hydrogens is 290 g/mol. The van der Waals surface area contributed by atoms with Crippen LogP contribution in [0.25, 0.3) is 0 Å². The number of hydrogen-bond acceptors (Lipinski definition) is 4. The SMILES string of the molecule is C[C@@H]1CN(C)CCN1[C@H](C)C(=O)N[C@@H]1CCOc2ccccc21. The zero-order valence-electron chi connectivity index (χ0n) is 14.3. The molecule has 5 heteroatoms. The summed E-state index contributed by atoms with van der Waals surface area (Å²) in [4.78, 5) is 17.4. The van der Waals surface area contributed by atoms with Crippen LogP contribution >= 0.6 is 0 Å². The van der Waals surface area contributed by atoms with Gasteiger partial charge in [0.15, 0.2) is 0 Å². The third kappa shape index (κ3) is 3.51. The van der Waals surface area contributed by atoms with E-state index in [1.165, 1.54) is 0 Å². The monoisotopic (exact) mass is 317 g/mol. The molecule has 1 amide bonds. The lowest BCUT2D eigenvalue weighted by molar-refractivity contribution is -0.128. The highest BCUT2D eigenvalue weighted by Gasteiger charge is 2.31. The Kier molecular flexibility index (Phi) is 4.87. The number of ether oxygens (including phenoxy) is 1. The van der Waals surface area contributed by atoms with Crippen molar-refractivity contribution < 1.29 is 9.53 Å². The fraction of sp³-hybridized carbons (Fsp3) is 0.611. The number of amides is 1. The van der Waals surface area contributed by atoms with Crippen LogP contribution in [0.15, 0.2) is 24.3 Å². The summed E-state index contributed by atoms with van der Waals surface area (Å²) in [5.41, 5.74) is 1.09. The topological polar surface area (TPSA) is 44.8 Å². The second kappa shape index (κ2) is 6.89. The predicted molar refractivity (Wildman–Crippen MR) is 90.6 cm³/mol. The smallest absolute Gasteiger partial charge is 0.237 e. The van der Waals surface area contributed by atoms with E-state index in [1.54, 1.807) is 0 Å². The second-order valence-corrected chi connectivity index (χ2v) is 6.76. The molecule has 3 atom stereocenters. The first-order valence-corrected chi connectivity index (χ1v) is 8.52. The molecule has 23 heavy (non-hydrogen) atoms. The maximum absolute atomic E-state index is 12.7. The summed E-state index contributed by atoms with van der Waals surface area (Å²) in [5, 5.41) is 3.23. The summed E-state index contributed by atoms with van der Waals surface area (Å²) in [6.07, 6.45) is 0.827. The maximum atomic E-state index is 12.7. The summed E-state index contributed by atoms with van der Waals surface area (Å²) < 4.78 is 5.67. The van der Waals surface area contributed by atoms with Crippen LogP contribution in [0.3, 0.4) is 0 Å². The quantitative estimate of drug-likeness (QED) is 0.921. The highest BCUT2D eigenvalue weighted by molar-refractivity contribution is 5.82. The van der Waals surface area contributed by atoms with Crippen molar-refractivity contribution in [1.82, 2.24) is 15.1 Å². The molecule has 0 bridgehead atoms. The third-order valence-electron chi connectivity index (χ3n) is 5.03. The van der Waals surface area contributed by atoms with Gasteiger partial charge in [0, 0.05) is 37.7 Å². The number of carbonyl (C=O) groups is 1. The minimum Gasteiger partial charge on any atom is -0.493 e. The molecule has 5 nitrogen and oxygen atoms in total. The number of carbonyl (C=O) groups excluding carboxylic acids is 1. The first kappa shape index (κ1) is 16.3. The van der Waals surface area contributed by atoms with E-state index >= 15 is 0 Å². The minimum atomic E-state index is -0.103.